The number of amides is 1. The summed E-state index contributed by atoms with van der Waals surface area (Å²) >= 11 is 1.98. The number of likely N-dealkylation sites (tertiary alicyclic amines) is 1. The summed E-state index contributed by atoms with van der Waals surface area (Å²) in [5.74, 6) is 2.95. The maximum atomic E-state index is 13.1. The second-order valence-electron chi connectivity index (χ2n) is 6.14. The van der Waals surface area contributed by atoms with Crippen molar-refractivity contribution in [1.82, 2.24) is 9.80 Å². The minimum absolute atomic E-state index is 0. The number of nitrogens with two attached hydrogens (primary N) is 1. The first kappa shape index (κ1) is 21.6. The van der Waals surface area contributed by atoms with E-state index in [0.29, 0.717) is 12.5 Å². The number of carbonyl (C=O) groups is 1. The van der Waals surface area contributed by atoms with Crippen LogP contribution in [0.2, 0.25) is 0 Å². The molecule has 7 heteroatoms. The van der Waals surface area contributed by atoms with Crippen LogP contribution in [0.25, 0.3) is 0 Å². The van der Waals surface area contributed by atoms with Gasteiger partial charge in [-0.25, -0.2) is 0 Å². The highest BCUT2D eigenvalue weighted by molar-refractivity contribution is 7.99. The van der Waals surface area contributed by atoms with Crippen LogP contribution in [0.1, 0.15) is 18.0 Å². The molecule has 0 aromatic heterocycles. The molecule has 136 valence electrons. The van der Waals surface area contributed by atoms with E-state index in [9.17, 15) is 4.79 Å². The lowest BCUT2D eigenvalue weighted by atomic mass is 10.0. The van der Waals surface area contributed by atoms with Gasteiger partial charge >= 0.3 is 0 Å². The molecule has 1 aromatic carbocycles. The number of nitrogens with zero attached hydrogens (tertiary/aromatic N) is 2. The van der Waals surface area contributed by atoms with Gasteiger partial charge in [0.05, 0.1) is 0 Å². The Morgan fingerprint density at radius 1 is 1.17 bits per heavy atom. The first-order valence-corrected chi connectivity index (χ1v) is 9.30. The summed E-state index contributed by atoms with van der Waals surface area (Å²) in [4.78, 5) is 17.5. The highest BCUT2D eigenvalue weighted by atomic mass is 35.5. The molecule has 0 saturated carbocycles. The Morgan fingerprint density at radius 2 is 1.83 bits per heavy atom. The van der Waals surface area contributed by atoms with Gasteiger partial charge in [-0.1, -0.05) is 30.3 Å². The van der Waals surface area contributed by atoms with E-state index in [2.05, 4.69) is 17.0 Å². The fourth-order valence-corrected chi connectivity index (χ4v) is 4.31. The minimum Gasteiger partial charge on any atom is -0.341 e. The van der Waals surface area contributed by atoms with Gasteiger partial charge in [0, 0.05) is 37.7 Å². The largest absolute Gasteiger partial charge is 0.341 e. The van der Waals surface area contributed by atoms with Crippen LogP contribution >= 0.6 is 36.6 Å². The average molecular weight is 392 g/mol. The van der Waals surface area contributed by atoms with E-state index in [0.717, 1.165) is 49.7 Å². The zero-order valence-corrected chi connectivity index (χ0v) is 16.3. The Labute approximate surface area is 161 Å². The predicted octanol–water partition coefficient (Wildman–Crippen LogP) is 2.43. The van der Waals surface area contributed by atoms with E-state index in [4.69, 9.17) is 5.73 Å². The van der Waals surface area contributed by atoms with Crippen molar-refractivity contribution in [3.05, 3.63) is 35.9 Å². The van der Waals surface area contributed by atoms with Crippen LogP contribution < -0.4 is 5.73 Å². The highest BCUT2D eigenvalue weighted by Gasteiger charge is 2.35. The maximum absolute atomic E-state index is 13.1. The molecule has 2 atom stereocenters. The average Bonchev–Trinajstić information content (AvgIpc) is 3.06. The molecule has 2 aliphatic rings. The molecule has 0 aliphatic carbocycles. The number of rotatable bonds is 4. The molecule has 2 fully saturated rings. The first-order chi connectivity index (χ1) is 10.8. The molecule has 0 bridgehead atoms. The van der Waals surface area contributed by atoms with Gasteiger partial charge in [0.1, 0.15) is 6.04 Å². The van der Waals surface area contributed by atoms with Gasteiger partial charge in [0.25, 0.3) is 0 Å². The fourth-order valence-electron chi connectivity index (χ4n) is 3.38. The van der Waals surface area contributed by atoms with Crippen LogP contribution in [0.3, 0.4) is 0 Å². The van der Waals surface area contributed by atoms with E-state index in [1.807, 2.05) is 34.9 Å². The number of carbonyl (C=O) groups excluding carboxylic acids is 1. The van der Waals surface area contributed by atoms with Gasteiger partial charge in [-0.15, -0.1) is 24.8 Å². The molecule has 2 saturated heterocycles. The molecule has 0 spiro atoms. The van der Waals surface area contributed by atoms with E-state index in [-0.39, 0.29) is 36.8 Å². The van der Waals surface area contributed by atoms with Gasteiger partial charge in [0.2, 0.25) is 5.91 Å². The van der Waals surface area contributed by atoms with Crippen molar-refractivity contribution in [2.45, 2.75) is 12.5 Å². The summed E-state index contributed by atoms with van der Waals surface area (Å²) in [5, 5.41) is 0. The molecular weight excluding hydrogens is 365 g/mol. The predicted molar refractivity (Wildman–Crippen MR) is 106 cm³/mol. The summed E-state index contributed by atoms with van der Waals surface area (Å²) in [6, 6.07) is 10.1. The third-order valence-electron chi connectivity index (χ3n) is 4.69. The number of halogens is 2. The van der Waals surface area contributed by atoms with Crippen LogP contribution in [0.15, 0.2) is 30.3 Å². The van der Waals surface area contributed by atoms with Crippen molar-refractivity contribution in [1.29, 1.82) is 0 Å². The van der Waals surface area contributed by atoms with Crippen molar-refractivity contribution in [3.8, 4) is 0 Å². The molecule has 4 nitrogen and oxygen atoms in total. The summed E-state index contributed by atoms with van der Waals surface area (Å²) in [7, 11) is 0. The fraction of sp³-hybridized carbons (Fsp3) is 0.588. The molecule has 24 heavy (non-hydrogen) atoms. The van der Waals surface area contributed by atoms with Crippen LogP contribution in [-0.2, 0) is 4.79 Å². The summed E-state index contributed by atoms with van der Waals surface area (Å²) in [5.41, 5.74) is 6.90. The summed E-state index contributed by atoms with van der Waals surface area (Å²) in [6.07, 6.45) is 1.04. The molecule has 2 unspecified atom stereocenters. The Morgan fingerprint density at radius 3 is 2.42 bits per heavy atom. The van der Waals surface area contributed by atoms with Crippen LogP contribution in [0.5, 0.6) is 0 Å². The lowest BCUT2D eigenvalue weighted by molar-refractivity contribution is -0.136. The summed E-state index contributed by atoms with van der Waals surface area (Å²) in [6.45, 7) is 4.34. The van der Waals surface area contributed by atoms with E-state index in [1.54, 1.807) is 0 Å². The molecule has 2 aliphatic heterocycles. The number of hydrogen-bond donors (Lipinski definition) is 1. The maximum Gasteiger partial charge on any atom is 0.244 e. The number of hydrogen-bond acceptors (Lipinski definition) is 4. The first-order valence-electron chi connectivity index (χ1n) is 8.15. The quantitative estimate of drug-likeness (QED) is 0.855. The van der Waals surface area contributed by atoms with Crippen LogP contribution in [0.4, 0.5) is 0 Å². The zero-order chi connectivity index (χ0) is 15.4. The highest BCUT2D eigenvalue weighted by Crippen LogP contribution is 2.28. The van der Waals surface area contributed by atoms with Crippen LogP contribution in [0, 0.1) is 5.92 Å². The van der Waals surface area contributed by atoms with Gasteiger partial charge in [-0.05, 0) is 24.4 Å². The molecule has 0 radical (unpaired) electrons. The van der Waals surface area contributed by atoms with Crippen molar-refractivity contribution < 1.29 is 4.79 Å². The number of thioether (sulfide) groups is 1. The van der Waals surface area contributed by atoms with Gasteiger partial charge < -0.3 is 10.6 Å². The zero-order valence-electron chi connectivity index (χ0n) is 13.8. The second kappa shape index (κ2) is 10.5. The molecule has 2 N–H and O–H groups in total. The SMILES string of the molecule is Cl.Cl.NCC1CCN(C(=O)C(c2ccccc2)N2CCSCC2)C1. The molecule has 1 amide bonds. The van der Waals surface area contributed by atoms with E-state index >= 15 is 0 Å². The third-order valence-corrected chi connectivity index (χ3v) is 5.63. The Kier molecular flexibility index (Phi) is 9.45. The second-order valence-corrected chi connectivity index (χ2v) is 7.36. The van der Waals surface area contributed by atoms with Gasteiger partial charge in [-0.2, -0.15) is 11.8 Å². The normalized spacial score (nSPS) is 22.4. The molecule has 2 heterocycles. The Balaban J connectivity index is 0.00000144. The molecule has 3 rings (SSSR count). The van der Waals surface area contributed by atoms with Gasteiger partial charge in [-0.3, -0.25) is 9.69 Å². The van der Waals surface area contributed by atoms with E-state index < -0.39 is 0 Å². The lowest BCUT2D eigenvalue weighted by Crippen LogP contribution is -2.45. The molecular formula is C17H27Cl2N3OS. The smallest absolute Gasteiger partial charge is 0.244 e. The van der Waals surface area contributed by atoms with Crippen LogP contribution in [-0.4, -0.2) is 59.9 Å². The Bertz CT molecular complexity index is 500. The van der Waals surface area contributed by atoms with Crippen molar-refractivity contribution in [2.75, 3.05) is 44.2 Å². The minimum atomic E-state index is -0.126. The third kappa shape index (κ3) is 5.02. The van der Waals surface area contributed by atoms with Crippen molar-refractivity contribution in [2.24, 2.45) is 11.7 Å². The molecule has 1 aromatic rings. The van der Waals surface area contributed by atoms with Crippen molar-refractivity contribution in [3.63, 3.8) is 0 Å². The summed E-state index contributed by atoms with van der Waals surface area (Å²) < 4.78 is 0. The standard InChI is InChI=1S/C17H25N3OS.2ClH/c18-12-14-6-7-20(13-14)17(21)16(15-4-2-1-3-5-15)19-8-10-22-11-9-19;;/h1-5,14,16H,6-13,18H2;2*1H. The Hall–Kier alpha value is -0.460. The van der Waals surface area contributed by atoms with E-state index in [1.165, 1.54) is 0 Å². The monoisotopic (exact) mass is 391 g/mol. The van der Waals surface area contributed by atoms with Gasteiger partial charge in [0.15, 0.2) is 0 Å². The lowest BCUT2D eigenvalue weighted by Gasteiger charge is -2.35. The number of benzene rings is 1. The topological polar surface area (TPSA) is 49.6 Å². The van der Waals surface area contributed by atoms with Crippen molar-refractivity contribution >= 4 is 42.5 Å².